The van der Waals surface area contributed by atoms with Crippen LogP contribution in [-0.4, -0.2) is 19.1 Å². The van der Waals surface area contributed by atoms with Gasteiger partial charge in [-0.3, -0.25) is 0 Å². The van der Waals surface area contributed by atoms with Gasteiger partial charge in [-0.05, 0) is 33.0 Å². The van der Waals surface area contributed by atoms with Gasteiger partial charge in [0.05, 0.1) is 8.80 Å². The molecule has 0 nitrogen and oxygen atoms in total. The maximum Gasteiger partial charge on any atom is 0.0651 e. The third kappa shape index (κ3) is 5.71. The summed E-state index contributed by atoms with van der Waals surface area (Å²) in [6.45, 7) is 26.5. The molecule has 0 aromatic heterocycles. The summed E-state index contributed by atoms with van der Waals surface area (Å²) in [7, 11) is -0.885. The number of benzene rings is 1. The summed E-state index contributed by atoms with van der Waals surface area (Å²) >= 11 is 0. The van der Waals surface area contributed by atoms with Gasteiger partial charge in [-0.25, -0.2) is 0 Å². The second-order valence-electron chi connectivity index (χ2n) is 10.2. The van der Waals surface area contributed by atoms with Crippen molar-refractivity contribution in [3.63, 3.8) is 0 Å². The Kier molecular flexibility index (Phi) is 6.37. The first-order valence-corrected chi connectivity index (χ1v) is 13.5. The molecule has 1 rings (SSSR count). The number of rotatable bonds is 3. The second kappa shape index (κ2) is 7.01. The molecule has 0 N–H and O–H groups in total. The van der Waals surface area contributed by atoms with Gasteiger partial charge in [-0.15, -0.1) is 0 Å². The van der Waals surface area contributed by atoms with Crippen molar-refractivity contribution < 1.29 is 0 Å². The zero-order valence-electron chi connectivity index (χ0n) is 17.5. The SMILES string of the molecule is C[SiH](C)c1ccc(C(C)(C)C)cc1CP(C(C)(C)C)C(C)(C)C. The molecule has 0 aliphatic rings. The molecule has 132 valence electrons. The molecule has 0 amide bonds. The lowest BCUT2D eigenvalue weighted by molar-refractivity contribution is 0.590. The van der Waals surface area contributed by atoms with Crippen LogP contribution in [0.5, 0.6) is 0 Å². The molecule has 0 radical (unpaired) electrons. The molecular weight excluding hydrogens is 311 g/mol. The van der Waals surface area contributed by atoms with Crippen molar-refractivity contribution in [1.29, 1.82) is 0 Å². The van der Waals surface area contributed by atoms with Crippen molar-refractivity contribution in [2.24, 2.45) is 0 Å². The van der Waals surface area contributed by atoms with Gasteiger partial charge in [-0.1, -0.05) is 107 Å². The van der Waals surface area contributed by atoms with E-state index in [1.54, 1.807) is 10.8 Å². The fourth-order valence-corrected chi connectivity index (χ4v) is 8.58. The monoisotopic (exact) mass is 350 g/mol. The van der Waals surface area contributed by atoms with Gasteiger partial charge < -0.3 is 0 Å². The second-order valence-corrected chi connectivity index (χ2v) is 17.0. The van der Waals surface area contributed by atoms with Crippen molar-refractivity contribution in [2.75, 3.05) is 0 Å². The highest BCUT2D eigenvalue weighted by Crippen LogP contribution is 2.61. The van der Waals surface area contributed by atoms with Crippen LogP contribution < -0.4 is 5.19 Å². The minimum absolute atomic E-state index is 0.0860. The van der Waals surface area contributed by atoms with Gasteiger partial charge in [0.15, 0.2) is 0 Å². The van der Waals surface area contributed by atoms with E-state index < -0.39 is 8.80 Å². The van der Waals surface area contributed by atoms with Crippen LogP contribution in [0.3, 0.4) is 0 Å². The first kappa shape index (κ1) is 20.9. The Hall–Kier alpha value is -0.133. The van der Waals surface area contributed by atoms with Crippen LogP contribution in [0.2, 0.25) is 13.1 Å². The van der Waals surface area contributed by atoms with Gasteiger partial charge in [0.25, 0.3) is 0 Å². The zero-order valence-corrected chi connectivity index (χ0v) is 19.5. The highest BCUT2D eigenvalue weighted by Gasteiger charge is 2.34. The maximum atomic E-state index is 2.54. The molecule has 0 heterocycles. The summed E-state index contributed by atoms with van der Waals surface area (Å²) in [6, 6.07) is 7.36. The molecule has 0 aliphatic carbocycles. The Bertz CT molecular complexity index is 510. The van der Waals surface area contributed by atoms with Gasteiger partial charge in [-0.2, -0.15) is 0 Å². The van der Waals surface area contributed by atoms with Crippen molar-refractivity contribution in [1.82, 2.24) is 0 Å². The molecule has 2 heteroatoms. The predicted molar refractivity (Wildman–Crippen MR) is 114 cm³/mol. The van der Waals surface area contributed by atoms with Crippen LogP contribution in [0.15, 0.2) is 18.2 Å². The lowest BCUT2D eigenvalue weighted by Crippen LogP contribution is -2.31. The minimum atomic E-state index is -0.799. The van der Waals surface area contributed by atoms with Crippen LogP contribution in [0, 0.1) is 0 Å². The number of hydrogen-bond donors (Lipinski definition) is 0. The van der Waals surface area contributed by atoms with Crippen LogP contribution in [0.1, 0.15) is 73.4 Å². The fourth-order valence-electron chi connectivity index (χ4n) is 3.42. The van der Waals surface area contributed by atoms with Gasteiger partial charge >= 0.3 is 0 Å². The predicted octanol–water partition coefficient (Wildman–Crippen LogP) is 6.26. The Morgan fingerprint density at radius 1 is 0.826 bits per heavy atom. The van der Waals surface area contributed by atoms with E-state index in [1.165, 1.54) is 11.7 Å². The van der Waals surface area contributed by atoms with Crippen LogP contribution >= 0.6 is 7.92 Å². The summed E-state index contributed by atoms with van der Waals surface area (Å²) in [5.41, 5.74) is 3.37. The van der Waals surface area contributed by atoms with E-state index >= 15 is 0 Å². The molecule has 0 spiro atoms. The smallest absolute Gasteiger partial charge is 0.0651 e. The molecule has 0 saturated carbocycles. The summed E-state index contributed by atoms with van der Waals surface area (Å²) in [5.74, 6) is 0. The van der Waals surface area contributed by atoms with Crippen LogP contribution in [0.4, 0.5) is 0 Å². The summed E-state index contributed by atoms with van der Waals surface area (Å²) in [4.78, 5) is 0. The minimum Gasteiger partial charge on any atom is -0.0911 e. The lowest BCUT2D eigenvalue weighted by atomic mass is 9.86. The van der Waals surface area contributed by atoms with E-state index in [2.05, 4.69) is 93.6 Å². The standard InChI is InChI=1S/C21H39PSi/c1-19(2,3)17-12-13-18(23(10)11)16(14-17)15-22(20(4,5)6)21(7,8)9/h12-14,23H,15H2,1-11H3. The molecule has 1 aromatic carbocycles. The fraction of sp³-hybridized carbons (Fsp3) is 0.714. The normalized spacial score (nSPS) is 14.0. The van der Waals surface area contributed by atoms with Crippen molar-refractivity contribution >= 4 is 21.9 Å². The first-order chi connectivity index (χ1) is 10.1. The maximum absolute atomic E-state index is 2.54. The lowest BCUT2D eigenvalue weighted by Gasteiger charge is -2.42. The van der Waals surface area contributed by atoms with E-state index in [1.807, 2.05) is 0 Å². The molecule has 1 aromatic rings. The molecule has 0 unspecified atom stereocenters. The summed E-state index contributed by atoms with van der Waals surface area (Å²) in [5, 5.41) is 2.46. The molecule has 0 atom stereocenters. The van der Waals surface area contributed by atoms with Crippen LogP contribution in [0.25, 0.3) is 0 Å². The van der Waals surface area contributed by atoms with Gasteiger partial charge in [0.1, 0.15) is 0 Å². The molecule has 0 bridgehead atoms. The molecule has 0 aliphatic heterocycles. The van der Waals surface area contributed by atoms with Crippen LogP contribution in [-0.2, 0) is 11.6 Å². The Morgan fingerprint density at radius 2 is 1.30 bits per heavy atom. The Morgan fingerprint density at radius 3 is 1.65 bits per heavy atom. The van der Waals surface area contributed by atoms with Crippen molar-refractivity contribution in [2.45, 2.75) is 97.3 Å². The highest BCUT2D eigenvalue weighted by atomic mass is 31.1. The highest BCUT2D eigenvalue weighted by molar-refractivity contribution is 7.60. The average molecular weight is 351 g/mol. The Labute approximate surface area is 148 Å². The van der Waals surface area contributed by atoms with E-state index in [4.69, 9.17) is 0 Å². The average Bonchev–Trinajstić information content (AvgIpc) is 2.31. The third-order valence-electron chi connectivity index (χ3n) is 4.58. The largest absolute Gasteiger partial charge is 0.0911 e. The third-order valence-corrected chi connectivity index (χ3v) is 10.3. The zero-order chi connectivity index (χ0) is 18.2. The van der Waals surface area contributed by atoms with Crippen molar-refractivity contribution in [3.8, 4) is 0 Å². The first-order valence-electron chi connectivity index (χ1n) is 9.05. The quantitative estimate of drug-likeness (QED) is 0.446. The van der Waals surface area contributed by atoms with E-state index in [0.717, 1.165) is 0 Å². The van der Waals surface area contributed by atoms with E-state index in [-0.39, 0.29) is 13.3 Å². The molecule has 0 saturated heterocycles. The molecular formula is C21H39PSi. The van der Waals surface area contributed by atoms with Gasteiger partial charge in [0, 0.05) is 0 Å². The molecule has 0 fully saturated rings. The van der Waals surface area contributed by atoms with E-state index in [9.17, 15) is 0 Å². The number of hydrogen-bond acceptors (Lipinski definition) is 0. The van der Waals surface area contributed by atoms with Gasteiger partial charge in [0.2, 0.25) is 0 Å². The van der Waals surface area contributed by atoms with E-state index in [0.29, 0.717) is 10.3 Å². The topological polar surface area (TPSA) is 0 Å². The summed E-state index contributed by atoms with van der Waals surface area (Å²) in [6.07, 6.45) is 1.27. The van der Waals surface area contributed by atoms with Crippen molar-refractivity contribution in [3.05, 3.63) is 29.3 Å². The Balaban J connectivity index is 3.38. The summed E-state index contributed by atoms with van der Waals surface area (Å²) < 4.78 is 0. The molecule has 23 heavy (non-hydrogen) atoms.